The van der Waals surface area contributed by atoms with Gasteiger partial charge in [-0.15, -0.1) is 0 Å². The van der Waals surface area contributed by atoms with Crippen LogP contribution in [0.4, 0.5) is 23.2 Å². The molecule has 3 fully saturated rings. The second-order valence-corrected chi connectivity index (χ2v) is 13.9. The molecule has 3 aliphatic carbocycles. The van der Waals surface area contributed by atoms with E-state index in [1.54, 1.807) is 0 Å². The van der Waals surface area contributed by atoms with Gasteiger partial charge in [-0.1, -0.05) is 6.07 Å². The average molecular weight is 677 g/mol. The van der Waals surface area contributed by atoms with E-state index in [0.29, 0.717) is 25.0 Å². The largest absolute Gasteiger partial charge is 0.501 e. The number of anilines is 1. The van der Waals surface area contributed by atoms with E-state index < -0.39 is 61.7 Å². The fourth-order valence-electron chi connectivity index (χ4n) is 6.77. The number of benzene rings is 2. The molecule has 47 heavy (non-hydrogen) atoms. The molecule has 1 aromatic heterocycles. The Morgan fingerprint density at radius 1 is 1.02 bits per heavy atom. The highest BCUT2D eigenvalue weighted by Crippen LogP contribution is 2.49. The number of carboxylic acids is 1. The summed E-state index contributed by atoms with van der Waals surface area (Å²) in [4.78, 5) is 45.8. The number of hydrogen-bond donors (Lipinski definition) is 3. The summed E-state index contributed by atoms with van der Waals surface area (Å²) in [6.45, 7) is 0. The summed E-state index contributed by atoms with van der Waals surface area (Å²) in [7, 11) is -4.38. The Kier molecular flexibility index (Phi) is 8.18. The number of amides is 2. The standard InChI is InChI=1S/C31H28F4N4O7S/c1-46-25-11-22(32)20(24-13-36-23(12-37-24)18-9-19(18)30(42)43)10-21(25)28(40)39-27-15-6-5-14(7-15)26(27)29(41)38-16-3-2-4-17(8-16)47(44,45)31(33,34)35/h2-4,8,10-15,18-19,26-27H,5-7,9H2,1H3,(H,38,41)(H,39,40)(H,42,43). The van der Waals surface area contributed by atoms with E-state index in [-0.39, 0.29) is 46.0 Å². The van der Waals surface area contributed by atoms with Crippen molar-refractivity contribution in [1.29, 1.82) is 0 Å². The number of methoxy groups -OCH3 is 1. The molecule has 11 nitrogen and oxygen atoms in total. The van der Waals surface area contributed by atoms with Crippen LogP contribution in [0.25, 0.3) is 11.3 Å². The number of nitrogens with zero attached hydrogens (tertiary/aromatic N) is 2. The lowest BCUT2D eigenvalue weighted by Crippen LogP contribution is -2.48. The number of aliphatic carboxylic acids is 1. The Hall–Kier alpha value is -4.60. The molecule has 6 rings (SSSR count). The first-order valence-electron chi connectivity index (χ1n) is 14.7. The van der Waals surface area contributed by atoms with Crippen molar-refractivity contribution in [2.45, 2.75) is 48.0 Å². The van der Waals surface area contributed by atoms with Crippen LogP contribution >= 0.6 is 0 Å². The topological polar surface area (TPSA) is 165 Å². The first-order valence-corrected chi connectivity index (χ1v) is 16.1. The van der Waals surface area contributed by atoms with Crippen LogP contribution in [0.1, 0.15) is 47.7 Å². The van der Waals surface area contributed by atoms with Gasteiger partial charge in [0.05, 0.1) is 47.0 Å². The van der Waals surface area contributed by atoms with Gasteiger partial charge in [0.1, 0.15) is 11.6 Å². The Morgan fingerprint density at radius 3 is 2.40 bits per heavy atom. The van der Waals surface area contributed by atoms with Gasteiger partial charge >= 0.3 is 11.5 Å². The lowest BCUT2D eigenvalue weighted by molar-refractivity contribution is -0.138. The third-order valence-electron chi connectivity index (χ3n) is 9.20. The van der Waals surface area contributed by atoms with Crippen molar-refractivity contribution in [3.63, 3.8) is 0 Å². The van der Waals surface area contributed by atoms with Gasteiger partial charge < -0.3 is 20.5 Å². The first-order chi connectivity index (χ1) is 22.2. The van der Waals surface area contributed by atoms with Gasteiger partial charge in [0.2, 0.25) is 5.91 Å². The summed E-state index contributed by atoms with van der Waals surface area (Å²) in [5.41, 5.74) is -5.21. The Bertz CT molecular complexity index is 1870. The van der Waals surface area contributed by atoms with Crippen molar-refractivity contribution in [1.82, 2.24) is 15.3 Å². The highest BCUT2D eigenvalue weighted by atomic mass is 32.2. The molecule has 248 valence electrons. The number of halogens is 4. The molecule has 0 aliphatic heterocycles. The first kappa shape index (κ1) is 32.3. The zero-order valence-electron chi connectivity index (χ0n) is 24.6. The van der Waals surface area contributed by atoms with Gasteiger partial charge in [0, 0.05) is 35.5 Å². The molecule has 0 spiro atoms. The highest BCUT2D eigenvalue weighted by Gasteiger charge is 2.52. The number of alkyl halides is 3. The van der Waals surface area contributed by atoms with Crippen LogP contribution in [0.5, 0.6) is 5.75 Å². The Morgan fingerprint density at radius 2 is 1.77 bits per heavy atom. The van der Waals surface area contributed by atoms with Crippen molar-refractivity contribution in [2.75, 3.05) is 12.4 Å². The zero-order valence-corrected chi connectivity index (χ0v) is 25.4. The monoisotopic (exact) mass is 676 g/mol. The molecular formula is C31H28F4N4O7S. The number of fused-ring (bicyclic) bond motifs is 2. The molecule has 2 bridgehead atoms. The van der Waals surface area contributed by atoms with Crippen LogP contribution in [0.15, 0.2) is 53.7 Å². The lowest BCUT2D eigenvalue weighted by atomic mass is 9.83. The molecule has 6 unspecified atom stereocenters. The summed E-state index contributed by atoms with van der Waals surface area (Å²) in [5, 5.41) is 14.6. The van der Waals surface area contributed by atoms with Crippen LogP contribution < -0.4 is 15.4 Å². The number of rotatable bonds is 9. The number of carbonyl (C=O) groups is 3. The second-order valence-electron chi connectivity index (χ2n) is 12.0. The second kappa shape index (κ2) is 11.9. The third kappa shape index (κ3) is 6.01. The predicted molar refractivity (Wildman–Crippen MR) is 156 cm³/mol. The van der Waals surface area contributed by atoms with Gasteiger partial charge in [-0.3, -0.25) is 24.4 Å². The fraction of sp³-hybridized carbons (Fsp3) is 0.387. The highest BCUT2D eigenvalue weighted by molar-refractivity contribution is 7.92. The molecule has 16 heteroatoms. The molecule has 1 heterocycles. The van der Waals surface area contributed by atoms with Gasteiger partial charge in [-0.25, -0.2) is 12.8 Å². The van der Waals surface area contributed by atoms with Crippen LogP contribution in [0.3, 0.4) is 0 Å². The van der Waals surface area contributed by atoms with E-state index >= 15 is 4.39 Å². The minimum absolute atomic E-state index is 0.0464. The van der Waals surface area contributed by atoms with Gasteiger partial charge in [0.25, 0.3) is 15.7 Å². The summed E-state index contributed by atoms with van der Waals surface area (Å²) in [6.07, 6.45) is 5.12. The summed E-state index contributed by atoms with van der Waals surface area (Å²) >= 11 is 0. The van der Waals surface area contributed by atoms with E-state index in [1.807, 2.05) is 0 Å². The van der Waals surface area contributed by atoms with E-state index in [4.69, 9.17) is 4.74 Å². The molecule has 3 N–H and O–H groups in total. The van der Waals surface area contributed by atoms with Crippen molar-refractivity contribution in [3.8, 4) is 17.0 Å². The van der Waals surface area contributed by atoms with Crippen LogP contribution in [0.2, 0.25) is 0 Å². The van der Waals surface area contributed by atoms with Crippen molar-refractivity contribution < 1.29 is 50.2 Å². The van der Waals surface area contributed by atoms with Gasteiger partial charge in [0.15, 0.2) is 0 Å². The molecule has 3 saturated carbocycles. The zero-order chi connectivity index (χ0) is 33.8. The maximum atomic E-state index is 15.2. The van der Waals surface area contributed by atoms with Gasteiger partial charge in [-0.05, 0) is 61.8 Å². The average Bonchev–Trinajstić information content (AvgIpc) is 3.59. The van der Waals surface area contributed by atoms with Crippen LogP contribution in [-0.4, -0.2) is 59.9 Å². The molecule has 2 amide bonds. The lowest BCUT2D eigenvalue weighted by Gasteiger charge is -2.31. The maximum absolute atomic E-state index is 15.2. The summed E-state index contributed by atoms with van der Waals surface area (Å²) in [6, 6.07) is 5.46. The Balaban J connectivity index is 1.22. The van der Waals surface area contributed by atoms with Crippen molar-refractivity contribution in [3.05, 3.63) is 65.9 Å². The smallest absolute Gasteiger partial charge is 0.496 e. The quantitative estimate of drug-likeness (QED) is 0.276. The van der Waals surface area contributed by atoms with Crippen molar-refractivity contribution in [2.24, 2.45) is 23.7 Å². The van der Waals surface area contributed by atoms with Crippen LogP contribution in [-0.2, 0) is 19.4 Å². The summed E-state index contributed by atoms with van der Waals surface area (Å²) < 4.78 is 83.5. The van der Waals surface area contributed by atoms with E-state index in [1.165, 1.54) is 31.6 Å². The molecule has 3 aliphatic rings. The number of hydrogen-bond acceptors (Lipinski definition) is 8. The number of nitrogens with one attached hydrogen (secondary N) is 2. The Labute approximate surface area is 265 Å². The molecule has 0 saturated heterocycles. The fourth-order valence-corrected chi connectivity index (χ4v) is 7.57. The molecular weight excluding hydrogens is 648 g/mol. The van der Waals surface area contributed by atoms with Gasteiger partial charge in [-0.2, -0.15) is 13.2 Å². The van der Waals surface area contributed by atoms with E-state index in [2.05, 4.69) is 20.6 Å². The number of sulfone groups is 1. The SMILES string of the molecule is COc1cc(F)c(-c2cnc(C3CC3C(=O)O)cn2)cc1C(=O)NC1C2CCC(C2)C1C(=O)Nc1cccc(S(=O)(=O)C(F)(F)F)c1. The number of ether oxygens (including phenoxy) is 1. The minimum Gasteiger partial charge on any atom is -0.496 e. The predicted octanol–water partition coefficient (Wildman–Crippen LogP) is 4.56. The summed E-state index contributed by atoms with van der Waals surface area (Å²) in [5.74, 6) is -4.84. The number of carbonyl (C=O) groups excluding carboxylic acids is 2. The number of aromatic nitrogens is 2. The van der Waals surface area contributed by atoms with E-state index in [9.17, 15) is 41.1 Å². The number of carboxylic acid groups (broad SMARTS) is 1. The molecule has 6 atom stereocenters. The van der Waals surface area contributed by atoms with E-state index in [0.717, 1.165) is 30.7 Å². The normalized spacial score (nSPS) is 24.9. The molecule has 2 aromatic carbocycles. The van der Waals surface area contributed by atoms with Crippen molar-refractivity contribution >= 4 is 33.3 Å². The molecule has 3 aromatic rings. The molecule has 0 radical (unpaired) electrons. The van der Waals surface area contributed by atoms with Crippen LogP contribution in [0, 0.1) is 29.5 Å². The minimum atomic E-state index is -5.64. The third-order valence-corrected chi connectivity index (χ3v) is 10.7. The maximum Gasteiger partial charge on any atom is 0.501 e.